The highest BCUT2D eigenvalue weighted by Crippen LogP contribution is 2.20. The van der Waals surface area contributed by atoms with Crippen LogP contribution < -0.4 is 5.56 Å². The Balaban J connectivity index is 1.82. The van der Waals surface area contributed by atoms with Crippen molar-refractivity contribution in [2.24, 2.45) is 11.8 Å². The molecule has 1 fully saturated rings. The molecule has 10 heteroatoms. The fourth-order valence-corrected chi connectivity index (χ4v) is 5.73. The van der Waals surface area contributed by atoms with Crippen LogP contribution in [0.4, 0.5) is 0 Å². The van der Waals surface area contributed by atoms with Gasteiger partial charge in [0, 0.05) is 24.5 Å². The molecule has 1 amide bonds. The average Bonchev–Trinajstić information content (AvgIpc) is 3.11. The summed E-state index contributed by atoms with van der Waals surface area (Å²) in [5, 5.41) is 4.95. The van der Waals surface area contributed by atoms with Gasteiger partial charge in [-0.3, -0.25) is 9.59 Å². The number of nitrogens with zero attached hydrogens (tertiary/aromatic N) is 3. The zero-order valence-electron chi connectivity index (χ0n) is 19.5. The van der Waals surface area contributed by atoms with Gasteiger partial charge in [-0.2, -0.15) is 5.10 Å². The van der Waals surface area contributed by atoms with Crippen molar-refractivity contribution in [3.8, 4) is 0 Å². The molecule has 1 atom stereocenters. The van der Waals surface area contributed by atoms with Crippen LogP contribution in [-0.4, -0.2) is 65.7 Å². The van der Waals surface area contributed by atoms with E-state index < -0.39 is 34.4 Å². The lowest BCUT2D eigenvalue weighted by atomic mass is 10.1. The number of carbonyl (C=O) groups excluding carboxylic acids is 2. The molecule has 1 aliphatic rings. The lowest BCUT2D eigenvalue weighted by molar-refractivity contribution is -0.137. The Morgan fingerprint density at radius 1 is 1.15 bits per heavy atom. The lowest BCUT2D eigenvalue weighted by Gasteiger charge is -2.29. The number of sulfone groups is 1. The molecule has 1 unspecified atom stereocenters. The van der Waals surface area contributed by atoms with E-state index >= 15 is 0 Å². The summed E-state index contributed by atoms with van der Waals surface area (Å²) in [6.45, 7) is 7.92. The number of fused-ring (bicyclic) bond motifs is 1. The number of benzene rings is 1. The monoisotopic (exact) mass is 477 g/mol. The summed E-state index contributed by atoms with van der Waals surface area (Å²) in [5.41, 5.74) is -0.324. The quantitative estimate of drug-likeness (QED) is 0.533. The van der Waals surface area contributed by atoms with Gasteiger partial charge in [0.2, 0.25) is 0 Å². The molecule has 1 aromatic heterocycles. The maximum atomic E-state index is 12.9. The van der Waals surface area contributed by atoms with E-state index in [1.807, 2.05) is 27.7 Å². The summed E-state index contributed by atoms with van der Waals surface area (Å²) in [4.78, 5) is 40.1. The number of esters is 1. The summed E-state index contributed by atoms with van der Waals surface area (Å²) < 4.78 is 30.4. The molecule has 0 spiro atoms. The molecule has 1 saturated heterocycles. The summed E-state index contributed by atoms with van der Waals surface area (Å²) in [6, 6.07) is 6.24. The first kappa shape index (κ1) is 24.9. The van der Waals surface area contributed by atoms with E-state index in [1.54, 1.807) is 24.3 Å². The number of rotatable bonds is 8. The second-order valence-electron chi connectivity index (χ2n) is 9.35. The molecule has 9 nitrogen and oxygen atoms in total. The average molecular weight is 478 g/mol. The molecule has 1 aliphatic heterocycles. The molecule has 3 rings (SSSR count). The molecule has 0 bridgehead atoms. The Morgan fingerprint density at radius 2 is 1.82 bits per heavy atom. The molecule has 1 aromatic carbocycles. The van der Waals surface area contributed by atoms with E-state index in [4.69, 9.17) is 4.74 Å². The largest absolute Gasteiger partial charge is 0.451 e. The van der Waals surface area contributed by atoms with Crippen LogP contribution >= 0.6 is 0 Å². The van der Waals surface area contributed by atoms with Crippen LogP contribution in [0.25, 0.3) is 10.8 Å². The van der Waals surface area contributed by atoms with Crippen LogP contribution in [0, 0.1) is 11.8 Å². The number of carbonyl (C=O) groups is 2. The van der Waals surface area contributed by atoms with Crippen molar-refractivity contribution in [1.29, 1.82) is 0 Å². The molecule has 33 heavy (non-hydrogen) atoms. The first-order valence-electron chi connectivity index (χ1n) is 11.2. The van der Waals surface area contributed by atoms with Gasteiger partial charge in [-0.25, -0.2) is 17.9 Å². The third-order valence-electron chi connectivity index (χ3n) is 5.46. The zero-order chi connectivity index (χ0) is 24.3. The number of aromatic nitrogens is 2. The Kier molecular flexibility index (Phi) is 7.56. The van der Waals surface area contributed by atoms with Crippen molar-refractivity contribution in [3.05, 3.63) is 40.3 Å². The minimum atomic E-state index is -3.17. The van der Waals surface area contributed by atoms with Crippen LogP contribution in [-0.2, 0) is 25.9 Å². The number of hydrogen-bond donors (Lipinski definition) is 0. The van der Waals surface area contributed by atoms with Crippen molar-refractivity contribution in [2.45, 2.75) is 46.7 Å². The van der Waals surface area contributed by atoms with E-state index in [2.05, 4.69) is 5.10 Å². The van der Waals surface area contributed by atoms with E-state index in [1.165, 1.54) is 9.58 Å². The van der Waals surface area contributed by atoms with Crippen LogP contribution in [0.15, 0.2) is 29.1 Å². The van der Waals surface area contributed by atoms with Gasteiger partial charge in [0.05, 0.1) is 16.9 Å². The summed E-state index contributed by atoms with van der Waals surface area (Å²) in [5.74, 6) is -1.02. The molecule has 2 aromatic rings. The Hall–Kier alpha value is -2.75. The van der Waals surface area contributed by atoms with Gasteiger partial charge in [-0.05, 0) is 24.3 Å². The molecular weight excluding hydrogens is 446 g/mol. The zero-order valence-corrected chi connectivity index (χ0v) is 20.3. The van der Waals surface area contributed by atoms with E-state index in [0.29, 0.717) is 30.3 Å². The lowest BCUT2D eigenvalue weighted by Crippen LogP contribution is -2.45. The highest BCUT2D eigenvalue weighted by Gasteiger charge is 2.35. The maximum Gasteiger partial charge on any atom is 0.359 e. The Labute approximate surface area is 193 Å². The molecule has 0 N–H and O–H groups in total. The van der Waals surface area contributed by atoms with Crippen LogP contribution in [0.5, 0.6) is 0 Å². The van der Waals surface area contributed by atoms with Crippen LogP contribution in [0.3, 0.4) is 0 Å². The van der Waals surface area contributed by atoms with E-state index in [9.17, 15) is 22.8 Å². The second-order valence-corrected chi connectivity index (χ2v) is 11.6. The number of ether oxygens (including phenoxy) is 1. The first-order valence-corrected chi connectivity index (χ1v) is 13.0. The topological polar surface area (TPSA) is 116 Å². The normalized spacial score (nSPS) is 17.6. The van der Waals surface area contributed by atoms with Crippen molar-refractivity contribution in [3.63, 3.8) is 0 Å². The second kappa shape index (κ2) is 10.0. The maximum absolute atomic E-state index is 12.9. The molecule has 2 heterocycles. The third kappa shape index (κ3) is 5.98. The van der Waals surface area contributed by atoms with Gasteiger partial charge in [-0.1, -0.05) is 45.9 Å². The van der Waals surface area contributed by atoms with Crippen molar-refractivity contribution in [2.75, 3.05) is 24.7 Å². The first-order chi connectivity index (χ1) is 15.5. The minimum absolute atomic E-state index is 0.0301. The van der Waals surface area contributed by atoms with Crippen molar-refractivity contribution < 1.29 is 22.7 Å². The van der Waals surface area contributed by atoms with Gasteiger partial charge < -0.3 is 9.64 Å². The van der Waals surface area contributed by atoms with Crippen LogP contribution in [0.2, 0.25) is 0 Å². The highest BCUT2D eigenvalue weighted by atomic mass is 32.2. The Bertz CT molecular complexity index is 1200. The molecule has 0 saturated carbocycles. The van der Waals surface area contributed by atoms with Crippen molar-refractivity contribution >= 4 is 32.5 Å². The molecule has 180 valence electrons. The van der Waals surface area contributed by atoms with Gasteiger partial charge >= 0.3 is 5.97 Å². The fraction of sp³-hybridized carbons (Fsp3) is 0.565. The van der Waals surface area contributed by atoms with E-state index in [-0.39, 0.29) is 34.6 Å². The van der Waals surface area contributed by atoms with Crippen molar-refractivity contribution in [1.82, 2.24) is 14.7 Å². The highest BCUT2D eigenvalue weighted by molar-refractivity contribution is 7.91. The predicted molar refractivity (Wildman–Crippen MR) is 125 cm³/mol. The summed E-state index contributed by atoms with van der Waals surface area (Å²) in [6.07, 6.45) is 0.376. The SMILES string of the molecule is CC(C)CN(C(=O)COC(=O)c1nn(CC(C)C)c(=O)c2ccccc12)C1CCS(=O)(=O)C1. The van der Waals surface area contributed by atoms with Gasteiger partial charge in [0.25, 0.3) is 11.5 Å². The van der Waals surface area contributed by atoms with Gasteiger partial charge in [-0.15, -0.1) is 0 Å². The van der Waals surface area contributed by atoms with Gasteiger partial charge in [0.15, 0.2) is 22.1 Å². The third-order valence-corrected chi connectivity index (χ3v) is 7.21. The summed E-state index contributed by atoms with van der Waals surface area (Å²) in [7, 11) is -3.17. The summed E-state index contributed by atoms with van der Waals surface area (Å²) >= 11 is 0. The standard InChI is InChI=1S/C23H31N3O6S/c1-15(2)11-25(17-9-10-33(30,31)14-17)20(27)13-32-23(29)21-18-7-5-6-8-19(18)22(28)26(24-21)12-16(3)4/h5-8,15-17H,9-14H2,1-4H3. The number of amides is 1. The number of hydrogen-bond acceptors (Lipinski definition) is 7. The van der Waals surface area contributed by atoms with Crippen LogP contribution in [0.1, 0.15) is 44.6 Å². The molecule has 0 radical (unpaired) electrons. The predicted octanol–water partition coefficient (Wildman–Crippen LogP) is 1.88. The molecular formula is C23H31N3O6S. The van der Waals surface area contributed by atoms with E-state index in [0.717, 1.165) is 0 Å². The smallest absolute Gasteiger partial charge is 0.359 e. The Morgan fingerprint density at radius 3 is 2.39 bits per heavy atom. The van der Waals surface area contributed by atoms with Gasteiger partial charge in [0.1, 0.15) is 0 Å². The fourth-order valence-electron chi connectivity index (χ4n) is 4.00. The molecule has 0 aliphatic carbocycles. The minimum Gasteiger partial charge on any atom is -0.451 e.